The fraction of sp³-hybridized carbons (Fsp3) is 0.273. The summed E-state index contributed by atoms with van der Waals surface area (Å²) >= 11 is 1.47. The molecule has 158 valence electrons. The van der Waals surface area contributed by atoms with Gasteiger partial charge in [-0.25, -0.2) is 4.98 Å². The molecule has 0 aliphatic carbocycles. The van der Waals surface area contributed by atoms with Crippen LogP contribution in [-0.2, 0) is 0 Å². The third kappa shape index (κ3) is 5.21. The first-order valence-electron chi connectivity index (χ1n) is 9.55. The molecular formula is C22H25N3O4S. The van der Waals surface area contributed by atoms with Gasteiger partial charge in [0.2, 0.25) is 5.13 Å². The highest BCUT2D eigenvalue weighted by atomic mass is 32.1. The van der Waals surface area contributed by atoms with Gasteiger partial charge in [0.05, 0.1) is 39.3 Å². The number of hydrazone groups is 1. The van der Waals surface area contributed by atoms with Crippen molar-refractivity contribution in [2.24, 2.45) is 5.10 Å². The van der Waals surface area contributed by atoms with Gasteiger partial charge in [0, 0.05) is 10.9 Å². The molecule has 0 aliphatic heterocycles. The van der Waals surface area contributed by atoms with Crippen molar-refractivity contribution < 1.29 is 18.9 Å². The van der Waals surface area contributed by atoms with E-state index in [1.807, 2.05) is 55.6 Å². The summed E-state index contributed by atoms with van der Waals surface area (Å²) in [6.07, 6.45) is 1.72. The predicted octanol–water partition coefficient (Wildman–Crippen LogP) is 5.07. The summed E-state index contributed by atoms with van der Waals surface area (Å²) in [5.41, 5.74) is 5.64. The van der Waals surface area contributed by atoms with Gasteiger partial charge in [-0.15, -0.1) is 11.3 Å². The van der Waals surface area contributed by atoms with Crippen LogP contribution in [0.1, 0.15) is 19.4 Å². The number of anilines is 1. The van der Waals surface area contributed by atoms with E-state index < -0.39 is 0 Å². The monoisotopic (exact) mass is 427 g/mol. The normalized spacial score (nSPS) is 10.8. The molecule has 0 radical (unpaired) electrons. The van der Waals surface area contributed by atoms with Crippen LogP contribution < -0.4 is 24.4 Å². The molecule has 30 heavy (non-hydrogen) atoms. The van der Waals surface area contributed by atoms with Gasteiger partial charge in [-0.05, 0) is 55.8 Å². The van der Waals surface area contributed by atoms with E-state index in [1.165, 1.54) is 11.3 Å². The largest absolute Gasteiger partial charge is 0.493 e. The Morgan fingerprint density at radius 3 is 2.40 bits per heavy atom. The number of hydrogen-bond donors (Lipinski definition) is 1. The maximum absolute atomic E-state index is 5.65. The molecule has 3 rings (SSSR count). The molecule has 8 heteroatoms. The van der Waals surface area contributed by atoms with Crippen LogP contribution in [0.4, 0.5) is 5.13 Å². The Hall–Kier alpha value is -3.26. The minimum Gasteiger partial charge on any atom is -0.493 e. The van der Waals surface area contributed by atoms with Crippen molar-refractivity contribution in [1.82, 2.24) is 4.98 Å². The Labute approximate surface area is 180 Å². The lowest BCUT2D eigenvalue weighted by molar-refractivity contribution is 0.288. The van der Waals surface area contributed by atoms with E-state index in [1.54, 1.807) is 20.4 Å². The smallest absolute Gasteiger partial charge is 0.203 e. The minimum absolute atomic E-state index is 0.566. The van der Waals surface area contributed by atoms with Gasteiger partial charge < -0.3 is 18.9 Å². The number of aromatic nitrogens is 1. The van der Waals surface area contributed by atoms with Crippen molar-refractivity contribution in [3.05, 3.63) is 47.3 Å². The zero-order valence-electron chi connectivity index (χ0n) is 17.5. The van der Waals surface area contributed by atoms with Crippen molar-refractivity contribution in [2.45, 2.75) is 13.8 Å². The molecule has 1 heterocycles. The van der Waals surface area contributed by atoms with Crippen LogP contribution in [0.25, 0.3) is 11.3 Å². The van der Waals surface area contributed by atoms with E-state index in [2.05, 4.69) is 15.5 Å². The average Bonchev–Trinajstić information content (AvgIpc) is 3.24. The molecule has 0 spiro atoms. The summed E-state index contributed by atoms with van der Waals surface area (Å²) in [6.45, 7) is 5.04. The number of nitrogens with zero attached hydrogens (tertiary/aromatic N) is 2. The summed E-state index contributed by atoms with van der Waals surface area (Å²) in [6, 6.07) is 11.4. The SMILES string of the molecule is CCOc1ccc(/C=N\Nc2nc(-c3ccc(OC)c(OC)c3)cs2)cc1OCC. The second kappa shape index (κ2) is 10.5. The number of nitrogens with one attached hydrogen (secondary N) is 1. The molecule has 7 nitrogen and oxygen atoms in total. The summed E-state index contributed by atoms with van der Waals surface area (Å²) < 4.78 is 21.9. The zero-order valence-corrected chi connectivity index (χ0v) is 18.3. The molecule has 3 aromatic rings. The van der Waals surface area contributed by atoms with Crippen LogP contribution in [0.15, 0.2) is 46.9 Å². The molecule has 0 fully saturated rings. The Balaban J connectivity index is 1.69. The van der Waals surface area contributed by atoms with E-state index in [0.29, 0.717) is 35.6 Å². The lowest BCUT2D eigenvalue weighted by Crippen LogP contribution is -1.99. The number of benzene rings is 2. The van der Waals surface area contributed by atoms with E-state index >= 15 is 0 Å². The molecule has 0 amide bonds. The third-order valence-electron chi connectivity index (χ3n) is 4.12. The van der Waals surface area contributed by atoms with Gasteiger partial charge in [0.1, 0.15) is 0 Å². The zero-order chi connectivity index (χ0) is 21.3. The molecule has 0 bridgehead atoms. The van der Waals surface area contributed by atoms with Gasteiger partial charge in [-0.3, -0.25) is 5.43 Å². The van der Waals surface area contributed by atoms with Crippen molar-refractivity contribution >= 4 is 22.7 Å². The molecule has 1 aromatic heterocycles. The van der Waals surface area contributed by atoms with Crippen molar-refractivity contribution in [3.63, 3.8) is 0 Å². The first-order chi connectivity index (χ1) is 14.7. The Morgan fingerprint density at radius 1 is 0.933 bits per heavy atom. The van der Waals surface area contributed by atoms with Crippen LogP contribution in [0.5, 0.6) is 23.0 Å². The minimum atomic E-state index is 0.566. The van der Waals surface area contributed by atoms with Gasteiger partial charge in [-0.2, -0.15) is 5.10 Å². The Bertz CT molecular complexity index is 1000. The molecule has 0 saturated heterocycles. The van der Waals surface area contributed by atoms with Gasteiger partial charge >= 0.3 is 0 Å². The van der Waals surface area contributed by atoms with E-state index in [4.69, 9.17) is 18.9 Å². The molecule has 0 saturated carbocycles. The van der Waals surface area contributed by atoms with Gasteiger partial charge in [0.15, 0.2) is 23.0 Å². The van der Waals surface area contributed by atoms with Crippen molar-refractivity contribution in [1.29, 1.82) is 0 Å². The van der Waals surface area contributed by atoms with Crippen LogP contribution in [0.2, 0.25) is 0 Å². The van der Waals surface area contributed by atoms with Crippen LogP contribution in [0, 0.1) is 0 Å². The summed E-state index contributed by atoms with van der Waals surface area (Å²) in [7, 11) is 3.23. The topological polar surface area (TPSA) is 74.2 Å². The molecular weight excluding hydrogens is 402 g/mol. The first-order valence-corrected chi connectivity index (χ1v) is 10.4. The second-order valence-corrected chi connectivity index (χ2v) is 6.91. The molecule has 2 aromatic carbocycles. The van der Waals surface area contributed by atoms with Gasteiger partial charge in [-0.1, -0.05) is 0 Å². The first kappa shape index (κ1) is 21.4. The quantitative estimate of drug-likeness (QED) is 0.360. The molecule has 0 atom stereocenters. The van der Waals surface area contributed by atoms with Gasteiger partial charge in [0.25, 0.3) is 0 Å². The number of hydrogen-bond acceptors (Lipinski definition) is 8. The highest BCUT2D eigenvalue weighted by Crippen LogP contribution is 2.33. The lowest BCUT2D eigenvalue weighted by atomic mass is 10.1. The van der Waals surface area contributed by atoms with Crippen LogP contribution >= 0.6 is 11.3 Å². The highest BCUT2D eigenvalue weighted by Gasteiger charge is 2.09. The maximum Gasteiger partial charge on any atom is 0.203 e. The van der Waals surface area contributed by atoms with E-state index in [-0.39, 0.29) is 0 Å². The van der Waals surface area contributed by atoms with Crippen LogP contribution in [0.3, 0.4) is 0 Å². The predicted molar refractivity (Wildman–Crippen MR) is 121 cm³/mol. The van der Waals surface area contributed by atoms with E-state index in [9.17, 15) is 0 Å². The number of rotatable bonds is 10. The fourth-order valence-electron chi connectivity index (χ4n) is 2.76. The van der Waals surface area contributed by atoms with Crippen molar-refractivity contribution in [2.75, 3.05) is 32.9 Å². The highest BCUT2D eigenvalue weighted by molar-refractivity contribution is 7.14. The summed E-state index contributed by atoms with van der Waals surface area (Å²) in [5.74, 6) is 2.77. The lowest BCUT2D eigenvalue weighted by Gasteiger charge is -2.11. The second-order valence-electron chi connectivity index (χ2n) is 6.05. The third-order valence-corrected chi connectivity index (χ3v) is 4.87. The number of ether oxygens (including phenoxy) is 4. The Morgan fingerprint density at radius 2 is 1.67 bits per heavy atom. The number of thiazole rings is 1. The van der Waals surface area contributed by atoms with E-state index in [0.717, 1.165) is 22.6 Å². The van der Waals surface area contributed by atoms with Crippen molar-refractivity contribution in [3.8, 4) is 34.3 Å². The maximum atomic E-state index is 5.65. The summed E-state index contributed by atoms with van der Waals surface area (Å²) in [5, 5.41) is 6.94. The molecule has 0 unspecified atom stereocenters. The Kier molecular flexibility index (Phi) is 7.51. The van der Waals surface area contributed by atoms with Crippen LogP contribution in [-0.4, -0.2) is 38.6 Å². The average molecular weight is 428 g/mol. The fourth-order valence-corrected chi connectivity index (χ4v) is 3.43. The number of methoxy groups -OCH3 is 2. The standard InChI is InChI=1S/C22H25N3O4S/c1-5-28-19-9-7-15(11-21(19)29-6-2)13-23-25-22-24-17(14-30-22)16-8-10-18(26-3)20(12-16)27-4/h7-14H,5-6H2,1-4H3,(H,24,25)/b23-13-. The molecule has 0 aliphatic rings. The molecule has 1 N–H and O–H groups in total. The summed E-state index contributed by atoms with van der Waals surface area (Å²) in [4.78, 5) is 4.58.